The van der Waals surface area contributed by atoms with Crippen molar-refractivity contribution in [3.8, 4) is 11.5 Å². The fraction of sp³-hybridized carbons (Fsp3) is 0.412. The molecule has 0 atom stereocenters. The summed E-state index contributed by atoms with van der Waals surface area (Å²) in [6, 6.07) is 5.86. The van der Waals surface area contributed by atoms with Crippen LogP contribution in [-0.2, 0) is 6.54 Å². The Kier molecular flexibility index (Phi) is 4.88. The number of nitrogen functional groups attached to an aromatic ring is 1. The van der Waals surface area contributed by atoms with E-state index in [9.17, 15) is 0 Å². The van der Waals surface area contributed by atoms with E-state index in [1.807, 2.05) is 25.2 Å². The van der Waals surface area contributed by atoms with Gasteiger partial charge < -0.3 is 25.4 Å². The minimum Gasteiger partial charge on any atom is -0.454 e. The Bertz CT molecular complexity index is 707. The summed E-state index contributed by atoms with van der Waals surface area (Å²) < 4.78 is 10.7. The Morgan fingerprint density at radius 3 is 2.92 bits per heavy atom. The lowest BCUT2D eigenvalue weighted by atomic mass is 10.2. The fourth-order valence-electron chi connectivity index (χ4n) is 2.57. The molecule has 0 aliphatic carbocycles. The molecule has 7 nitrogen and oxygen atoms in total. The summed E-state index contributed by atoms with van der Waals surface area (Å²) in [6.07, 6.45) is 3.76. The number of hydrogen-bond acceptors (Lipinski definition) is 7. The predicted molar refractivity (Wildman–Crippen MR) is 94.5 cm³/mol. The number of unbranched alkanes of at least 4 members (excludes halogenated alkanes) is 1. The zero-order valence-electron chi connectivity index (χ0n) is 14.1. The molecule has 0 unspecified atom stereocenters. The molecule has 7 heteroatoms. The summed E-state index contributed by atoms with van der Waals surface area (Å²) in [7, 11) is 2.00. The van der Waals surface area contributed by atoms with Gasteiger partial charge in [-0.05, 0) is 24.1 Å². The quantitative estimate of drug-likeness (QED) is 0.807. The molecule has 0 fully saturated rings. The molecular formula is C17H23N5O2. The van der Waals surface area contributed by atoms with Crippen LogP contribution in [-0.4, -0.2) is 30.4 Å². The number of ether oxygens (including phenoxy) is 2. The normalized spacial score (nSPS) is 12.2. The lowest BCUT2D eigenvalue weighted by Crippen LogP contribution is -2.21. The third-order valence-electron chi connectivity index (χ3n) is 3.97. The van der Waals surface area contributed by atoms with Crippen molar-refractivity contribution in [2.45, 2.75) is 26.3 Å². The van der Waals surface area contributed by atoms with Gasteiger partial charge in [-0.3, -0.25) is 0 Å². The van der Waals surface area contributed by atoms with E-state index in [1.165, 1.54) is 6.33 Å². The zero-order valence-corrected chi connectivity index (χ0v) is 14.1. The van der Waals surface area contributed by atoms with E-state index in [2.05, 4.69) is 27.1 Å². The van der Waals surface area contributed by atoms with Crippen molar-refractivity contribution in [2.24, 2.45) is 0 Å². The highest BCUT2D eigenvalue weighted by Gasteiger charge is 2.14. The Hall–Kier alpha value is -2.70. The number of anilines is 3. The molecule has 0 amide bonds. The molecule has 1 aliphatic rings. The molecule has 2 heterocycles. The standard InChI is InChI=1S/C17H23N5O2/c1-3-4-7-22(2)17-15(18)16(20-10-21-17)19-9-12-5-6-13-14(8-12)24-11-23-13/h5-6,8,10H,3-4,7,9,11,18H2,1-2H3,(H,19,20,21). The third-order valence-corrected chi connectivity index (χ3v) is 3.97. The van der Waals surface area contributed by atoms with Gasteiger partial charge in [0.2, 0.25) is 6.79 Å². The Labute approximate surface area is 141 Å². The summed E-state index contributed by atoms with van der Waals surface area (Å²) in [4.78, 5) is 10.6. The second-order valence-corrected chi connectivity index (χ2v) is 5.78. The number of hydrogen-bond donors (Lipinski definition) is 2. The van der Waals surface area contributed by atoms with Crippen LogP contribution in [0.3, 0.4) is 0 Å². The van der Waals surface area contributed by atoms with Crippen LogP contribution >= 0.6 is 0 Å². The minimum atomic E-state index is 0.276. The molecule has 2 aromatic rings. The van der Waals surface area contributed by atoms with E-state index >= 15 is 0 Å². The van der Waals surface area contributed by atoms with Crippen LogP contribution in [0.15, 0.2) is 24.5 Å². The lowest BCUT2D eigenvalue weighted by Gasteiger charge is -2.20. The number of nitrogens with zero attached hydrogens (tertiary/aromatic N) is 3. The minimum absolute atomic E-state index is 0.276. The monoisotopic (exact) mass is 329 g/mol. The molecular weight excluding hydrogens is 306 g/mol. The number of aromatic nitrogens is 2. The van der Waals surface area contributed by atoms with Gasteiger partial charge in [0.05, 0.1) is 0 Å². The van der Waals surface area contributed by atoms with Gasteiger partial charge in [0.25, 0.3) is 0 Å². The van der Waals surface area contributed by atoms with Crippen LogP contribution < -0.4 is 25.4 Å². The molecule has 1 aromatic carbocycles. The van der Waals surface area contributed by atoms with Gasteiger partial charge in [0, 0.05) is 20.1 Å². The van der Waals surface area contributed by atoms with E-state index in [0.717, 1.165) is 42.3 Å². The average molecular weight is 329 g/mol. The first-order valence-corrected chi connectivity index (χ1v) is 8.13. The summed E-state index contributed by atoms with van der Waals surface area (Å²) in [5.41, 5.74) is 7.87. The molecule has 1 aromatic heterocycles. The molecule has 3 N–H and O–H groups in total. The van der Waals surface area contributed by atoms with Crippen molar-refractivity contribution in [3.63, 3.8) is 0 Å². The first kappa shape index (κ1) is 16.2. The van der Waals surface area contributed by atoms with Crippen LogP contribution in [0.1, 0.15) is 25.3 Å². The van der Waals surface area contributed by atoms with Crippen LogP contribution in [0.2, 0.25) is 0 Å². The predicted octanol–water partition coefficient (Wildman–Crippen LogP) is 2.64. The topological polar surface area (TPSA) is 85.5 Å². The first-order valence-electron chi connectivity index (χ1n) is 8.13. The highest BCUT2D eigenvalue weighted by Crippen LogP contribution is 2.33. The van der Waals surface area contributed by atoms with Crippen molar-refractivity contribution in [3.05, 3.63) is 30.1 Å². The van der Waals surface area contributed by atoms with Gasteiger partial charge >= 0.3 is 0 Å². The van der Waals surface area contributed by atoms with E-state index in [4.69, 9.17) is 15.2 Å². The molecule has 0 saturated heterocycles. The van der Waals surface area contributed by atoms with Gasteiger partial charge in [-0.1, -0.05) is 19.4 Å². The molecule has 1 aliphatic heterocycles. The zero-order chi connectivity index (χ0) is 16.9. The summed E-state index contributed by atoms with van der Waals surface area (Å²) in [5, 5.41) is 3.27. The van der Waals surface area contributed by atoms with Crippen LogP contribution in [0.4, 0.5) is 17.3 Å². The smallest absolute Gasteiger partial charge is 0.231 e. The summed E-state index contributed by atoms with van der Waals surface area (Å²) in [6.45, 7) is 3.95. The number of benzene rings is 1. The molecule has 24 heavy (non-hydrogen) atoms. The largest absolute Gasteiger partial charge is 0.454 e. The Morgan fingerprint density at radius 2 is 2.08 bits per heavy atom. The van der Waals surface area contributed by atoms with E-state index < -0.39 is 0 Å². The van der Waals surface area contributed by atoms with Crippen LogP contribution in [0, 0.1) is 0 Å². The maximum absolute atomic E-state index is 6.24. The van der Waals surface area contributed by atoms with E-state index in [1.54, 1.807) is 0 Å². The summed E-state index contributed by atoms with van der Waals surface area (Å²) in [5.74, 6) is 2.94. The van der Waals surface area contributed by atoms with Crippen molar-refractivity contribution in [1.82, 2.24) is 9.97 Å². The lowest BCUT2D eigenvalue weighted by molar-refractivity contribution is 0.174. The Balaban J connectivity index is 1.69. The van der Waals surface area contributed by atoms with Crippen molar-refractivity contribution >= 4 is 17.3 Å². The fourth-order valence-corrected chi connectivity index (χ4v) is 2.57. The maximum atomic E-state index is 6.24. The van der Waals surface area contributed by atoms with Gasteiger partial charge in [-0.25, -0.2) is 9.97 Å². The maximum Gasteiger partial charge on any atom is 0.231 e. The average Bonchev–Trinajstić information content (AvgIpc) is 3.06. The number of fused-ring (bicyclic) bond motifs is 1. The number of rotatable bonds is 7. The molecule has 0 bridgehead atoms. The molecule has 0 saturated carbocycles. The van der Waals surface area contributed by atoms with Crippen LogP contribution in [0.5, 0.6) is 11.5 Å². The molecule has 128 valence electrons. The molecule has 0 radical (unpaired) electrons. The highest BCUT2D eigenvalue weighted by molar-refractivity contribution is 5.74. The van der Waals surface area contributed by atoms with Gasteiger partial charge in [0.15, 0.2) is 23.1 Å². The summed E-state index contributed by atoms with van der Waals surface area (Å²) >= 11 is 0. The Morgan fingerprint density at radius 1 is 1.25 bits per heavy atom. The molecule has 0 spiro atoms. The second-order valence-electron chi connectivity index (χ2n) is 5.78. The van der Waals surface area contributed by atoms with E-state index in [0.29, 0.717) is 18.1 Å². The number of nitrogens with one attached hydrogen (secondary N) is 1. The van der Waals surface area contributed by atoms with Crippen molar-refractivity contribution in [2.75, 3.05) is 36.3 Å². The highest BCUT2D eigenvalue weighted by atomic mass is 16.7. The molecule has 3 rings (SSSR count). The van der Waals surface area contributed by atoms with Gasteiger partial charge in [0.1, 0.15) is 12.0 Å². The second kappa shape index (κ2) is 7.25. The van der Waals surface area contributed by atoms with Crippen LogP contribution in [0.25, 0.3) is 0 Å². The first-order chi connectivity index (χ1) is 11.7. The van der Waals surface area contributed by atoms with Gasteiger partial charge in [-0.15, -0.1) is 0 Å². The van der Waals surface area contributed by atoms with E-state index in [-0.39, 0.29) is 6.79 Å². The van der Waals surface area contributed by atoms with Crippen molar-refractivity contribution < 1.29 is 9.47 Å². The van der Waals surface area contributed by atoms with Crippen molar-refractivity contribution in [1.29, 1.82) is 0 Å². The van der Waals surface area contributed by atoms with Gasteiger partial charge in [-0.2, -0.15) is 0 Å². The third kappa shape index (κ3) is 3.45. The number of nitrogens with two attached hydrogens (primary N) is 1. The SMILES string of the molecule is CCCCN(C)c1ncnc(NCc2ccc3c(c2)OCO3)c1N.